The minimum absolute atomic E-state index is 0.116. The molecule has 138 valence electrons. The van der Waals surface area contributed by atoms with E-state index in [1.165, 1.54) is 19.8 Å². The number of nitrogens with zero attached hydrogens (tertiary/aromatic N) is 2. The average Bonchev–Trinajstić information content (AvgIpc) is 2.58. The molecular weight excluding hydrogens is 316 g/mol. The molecule has 0 saturated carbocycles. The number of methoxy groups -OCH3 is 1. The molecule has 1 aliphatic rings. The third-order valence-electron chi connectivity index (χ3n) is 4.28. The standard InChI is InChI=1S/C19H30N4O2/c1-5-20-19(23-10-6-7-14(2)13-23)21-12-16-8-9-18(25-4)17(11-16)22-15(3)24/h8-9,11,14H,5-7,10,12-13H2,1-4H3,(H,20,21)(H,22,24). The van der Waals surface area contributed by atoms with E-state index in [0.29, 0.717) is 23.9 Å². The fourth-order valence-electron chi connectivity index (χ4n) is 3.11. The highest BCUT2D eigenvalue weighted by Gasteiger charge is 2.19. The molecule has 6 nitrogen and oxygen atoms in total. The van der Waals surface area contributed by atoms with Crippen LogP contribution in [0, 0.1) is 5.92 Å². The molecule has 2 N–H and O–H groups in total. The first-order chi connectivity index (χ1) is 12.0. The third-order valence-corrected chi connectivity index (χ3v) is 4.28. The second-order valence-corrected chi connectivity index (χ2v) is 6.58. The van der Waals surface area contributed by atoms with Gasteiger partial charge in [0.1, 0.15) is 5.75 Å². The third kappa shape index (κ3) is 5.66. The summed E-state index contributed by atoms with van der Waals surface area (Å²) >= 11 is 0. The van der Waals surface area contributed by atoms with Crippen molar-refractivity contribution in [3.8, 4) is 5.75 Å². The topological polar surface area (TPSA) is 66.0 Å². The van der Waals surface area contributed by atoms with Crippen LogP contribution in [-0.2, 0) is 11.3 Å². The summed E-state index contributed by atoms with van der Waals surface area (Å²) < 4.78 is 5.30. The van der Waals surface area contributed by atoms with E-state index in [9.17, 15) is 4.79 Å². The van der Waals surface area contributed by atoms with Crippen LogP contribution in [0.2, 0.25) is 0 Å². The van der Waals surface area contributed by atoms with Crippen molar-refractivity contribution in [2.75, 3.05) is 32.1 Å². The Morgan fingerprint density at radius 1 is 1.44 bits per heavy atom. The van der Waals surface area contributed by atoms with Crippen molar-refractivity contribution in [3.63, 3.8) is 0 Å². The van der Waals surface area contributed by atoms with Crippen LogP contribution in [0.25, 0.3) is 0 Å². The Morgan fingerprint density at radius 3 is 2.88 bits per heavy atom. The number of aliphatic imine (C=N–C) groups is 1. The molecule has 0 radical (unpaired) electrons. The summed E-state index contributed by atoms with van der Waals surface area (Å²) in [6.07, 6.45) is 2.50. The van der Waals surface area contributed by atoms with E-state index in [4.69, 9.17) is 9.73 Å². The molecule has 25 heavy (non-hydrogen) atoms. The number of carbonyl (C=O) groups excluding carboxylic acids is 1. The Hall–Kier alpha value is -2.24. The van der Waals surface area contributed by atoms with E-state index in [1.54, 1.807) is 7.11 Å². The quantitative estimate of drug-likeness (QED) is 0.635. The first kappa shape index (κ1) is 19.1. The van der Waals surface area contributed by atoms with Gasteiger partial charge >= 0.3 is 0 Å². The summed E-state index contributed by atoms with van der Waals surface area (Å²) in [5.74, 6) is 2.20. The Morgan fingerprint density at radius 2 is 2.24 bits per heavy atom. The van der Waals surface area contributed by atoms with E-state index in [1.807, 2.05) is 18.2 Å². The number of rotatable bonds is 5. The zero-order valence-electron chi connectivity index (χ0n) is 15.8. The van der Waals surface area contributed by atoms with Gasteiger partial charge in [0.15, 0.2) is 5.96 Å². The van der Waals surface area contributed by atoms with Crippen LogP contribution < -0.4 is 15.4 Å². The SMILES string of the molecule is CCNC(=NCc1ccc(OC)c(NC(C)=O)c1)N1CCCC(C)C1. The monoisotopic (exact) mass is 346 g/mol. The number of nitrogens with one attached hydrogen (secondary N) is 2. The number of piperidine rings is 1. The fourth-order valence-corrected chi connectivity index (χ4v) is 3.11. The van der Waals surface area contributed by atoms with Gasteiger partial charge in [-0.1, -0.05) is 13.0 Å². The van der Waals surface area contributed by atoms with Crippen molar-refractivity contribution >= 4 is 17.6 Å². The van der Waals surface area contributed by atoms with Gasteiger partial charge in [-0.2, -0.15) is 0 Å². The van der Waals surface area contributed by atoms with E-state index >= 15 is 0 Å². The molecule has 1 heterocycles. The molecule has 6 heteroatoms. The first-order valence-electron chi connectivity index (χ1n) is 9.01. The minimum Gasteiger partial charge on any atom is -0.495 e. The van der Waals surface area contributed by atoms with Crippen molar-refractivity contribution in [1.82, 2.24) is 10.2 Å². The minimum atomic E-state index is -0.116. The molecule has 1 atom stereocenters. The molecular formula is C19H30N4O2. The highest BCUT2D eigenvalue weighted by molar-refractivity contribution is 5.90. The molecule has 0 aromatic heterocycles. The summed E-state index contributed by atoms with van der Waals surface area (Å²) in [5.41, 5.74) is 1.71. The summed E-state index contributed by atoms with van der Waals surface area (Å²) in [6, 6.07) is 5.77. The van der Waals surface area contributed by atoms with Crippen LogP contribution in [-0.4, -0.2) is 43.5 Å². The number of hydrogen-bond acceptors (Lipinski definition) is 3. The number of hydrogen-bond donors (Lipinski definition) is 2. The Kier molecular flexibility index (Phi) is 7.10. The number of likely N-dealkylation sites (tertiary alicyclic amines) is 1. The van der Waals surface area contributed by atoms with Crippen molar-refractivity contribution in [3.05, 3.63) is 23.8 Å². The van der Waals surface area contributed by atoms with Crippen LogP contribution in [0.4, 0.5) is 5.69 Å². The highest BCUT2D eigenvalue weighted by Crippen LogP contribution is 2.26. The molecule has 0 bridgehead atoms. The summed E-state index contributed by atoms with van der Waals surface area (Å²) in [4.78, 5) is 18.5. The summed E-state index contributed by atoms with van der Waals surface area (Å²) in [6.45, 7) is 9.38. The van der Waals surface area contributed by atoms with Gasteiger partial charge in [0.2, 0.25) is 5.91 Å². The number of benzene rings is 1. The zero-order valence-corrected chi connectivity index (χ0v) is 15.8. The largest absolute Gasteiger partial charge is 0.495 e. The molecule has 1 aromatic carbocycles. The number of anilines is 1. The predicted molar refractivity (Wildman–Crippen MR) is 102 cm³/mol. The van der Waals surface area contributed by atoms with Gasteiger partial charge in [-0.25, -0.2) is 4.99 Å². The molecule has 1 aliphatic heterocycles. The van der Waals surface area contributed by atoms with E-state index < -0.39 is 0 Å². The Bertz CT molecular complexity index is 615. The summed E-state index contributed by atoms with van der Waals surface area (Å²) in [5, 5.41) is 6.20. The Balaban J connectivity index is 2.14. The molecule has 0 aliphatic carbocycles. The van der Waals surface area contributed by atoms with Gasteiger partial charge < -0.3 is 20.3 Å². The molecule has 1 unspecified atom stereocenters. The second kappa shape index (κ2) is 9.30. The van der Waals surface area contributed by atoms with Gasteiger partial charge in [-0.3, -0.25) is 4.79 Å². The second-order valence-electron chi connectivity index (χ2n) is 6.58. The van der Waals surface area contributed by atoms with Gasteiger partial charge in [0.25, 0.3) is 0 Å². The smallest absolute Gasteiger partial charge is 0.221 e. The van der Waals surface area contributed by atoms with Gasteiger partial charge in [-0.05, 0) is 43.4 Å². The van der Waals surface area contributed by atoms with Crippen molar-refractivity contribution in [1.29, 1.82) is 0 Å². The molecule has 2 rings (SSSR count). The molecule has 0 spiro atoms. The van der Waals surface area contributed by atoms with Gasteiger partial charge in [0.05, 0.1) is 19.3 Å². The normalized spacial score (nSPS) is 18.0. The molecule has 1 amide bonds. The number of carbonyl (C=O) groups is 1. The highest BCUT2D eigenvalue weighted by atomic mass is 16.5. The van der Waals surface area contributed by atoms with Crippen LogP contribution in [0.3, 0.4) is 0 Å². The number of guanidine groups is 1. The van der Waals surface area contributed by atoms with E-state index in [0.717, 1.165) is 31.2 Å². The first-order valence-corrected chi connectivity index (χ1v) is 9.01. The maximum absolute atomic E-state index is 11.4. The number of amides is 1. The van der Waals surface area contributed by atoms with Gasteiger partial charge in [0, 0.05) is 26.6 Å². The summed E-state index contributed by atoms with van der Waals surface area (Å²) in [7, 11) is 1.60. The molecule has 1 fully saturated rings. The number of ether oxygens (including phenoxy) is 1. The lowest BCUT2D eigenvalue weighted by Gasteiger charge is -2.33. The lowest BCUT2D eigenvalue weighted by Crippen LogP contribution is -2.46. The van der Waals surface area contributed by atoms with Crippen LogP contribution in [0.15, 0.2) is 23.2 Å². The lowest BCUT2D eigenvalue weighted by atomic mass is 10.0. The van der Waals surface area contributed by atoms with Crippen molar-refractivity contribution in [2.45, 2.75) is 40.2 Å². The maximum Gasteiger partial charge on any atom is 0.221 e. The molecule has 1 aromatic rings. The van der Waals surface area contributed by atoms with E-state index in [-0.39, 0.29) is 5.91 Å². The fraction of sp³-hybridized carbons (Fsp3) is 0.579. The Labute approximate surface area is 150 Å². The molecule has 1 saturated heterocycles. The average molecular weight is 346 g/mol. The van der Waals surface area contributed by atoms with Crippen LogP contribution in [0.1, 0.15) is 39.2 Å². The lowest BCUT2D eigenvalue weighted by molar-refractivity contribution is -0.114. The maximum atomic E-state index is 11.4. The van der Waals surface area contributed by atoms with Crippen LogP contribution >= 0.6 is 0 Å². The van der Waals surface area contributed by atoms with E-state index in [2.05, 4.69) is 29.4 Å². The van der Waals surface area contributed by atoms with Gasteiger partial charge in [-0.15, -0.1) is 0 Å². The van der Waals surface area contributed by atoms with Crippen molar-refractivity contribution in [2.24, 2.45) is 10.9 Å². The zero-order chi connectivity index (χ0) is 18.2. The van der Waals surface area contributed by atoms with Crippen molar-refractivity contribution < 1.29 is 9.53 Å². The van der Waals surface area contributed by atoms with Crippen LogP contribution in [0.5, 0.6) is 5.75 Å². The predicted octanol–water partition coefficient (Wildman–Crippen LogP) is 2.85.